The highest BCUT2D eigenvalue weighted by Crippen LogP contribution is 2.12. The number of amides is 1. The quantitative estimate of drug-likeness (QED) is 0.792. The lowest BCUT2D eigenvalue weighted by Gasteiger charge is -2.16. The predicted octanol–water partition coefficient (Wildman–Crippen LogP) is 3.21. The van der Waals surface area contributed by atoms with E-state index >= 15 is 0 Å². The van der Waals surface area contributed by atoms with Gasteiger partial charge in [-0.3, -0.25) is 4.79 Å². The van der Waals surface area contributed by atoms with E-state index in [-0.39, 0.29) is 11.9 Å². The molecular weight excluding hydrogens is 236 g/mol. The first-order valence-corrected chi connectivity index (χ1v) is 7.16. The maximum Gasteiger partial charge on any atom is 0.242 e. The van der Waals surface area contributed by atoms with Crippen molar-refractivity contribution in [1.82, 2.24) is 5.32 Å². The summed E-state index contributed by atoms with van der Waals surface area (Å²) in [6.07, 6.45) is 2.02. The van der Waals surface area contributed by atoms with Gasteiger partial charge in [-0.15, -0.1) is 0 Å². The molecule has 0 spiro atoms. The molecule has 0 aliphatic heterocycles. The van der Waals surface area contributed by atoms with E-state index in [2.05, 4.69) is 43.5 Å². The Morgan fingerprint density at radius 2 is 2.00 bits per heavy atom. The highest BCUT2D eigenvalue weighted by Gasteiger charge is 2.11. The first kappa shape index (κ1) is 15.5. The molecule has 0 aliphatic rings. The Bertz CT molecular complexity index is 401. The molecule has 2 N–H and O–H groups in total. The Morgan fingerprint density at radius 3 is 2.63 bits per heavy atom. The average molecular weight is 262 g/mol. The van der Waals surface area contributed by atoms with Crippen LogP contribution in [0.1, 0.15) is 39.7 Å². The number of aryl methyl sites for hydroxylation is 1. The maximum absolute atomic E-state index is 11.9. The minimum atomic E-state index is -0.209. The molecule has 1 rings (SSSR count). The third-order valence-electron chi connectivity index (χ3n) is 3.13. The highest BCUT2D eigenvalue weighted by molar-refractivity contribution is 5.84. The number of benzene rings is 1. The lowest BCUT2D eigenvalue weighted by Crippen LogP contribution is -2.38. The van der Waals surface area contributed by atoms with Gasteiger partial charge >= 0.3 is 0 Å². The number of rotatable bonds is 7. The zero-order valence-corrected chi connectivity index (χ0v) is 12.5. The van der Waals surface area contributed by atoms with Gasteiger partial charge in [0.2, 0.25) is 5.91 Å². The van der Waals surface area contributed by atoms with E-state index in [1.807, 2.05) is 19.1 Å². The number of hydrogen-bond donors (Lipinski definition) is 2. The van der Waals surface area contributed by atoms with Crippen molar-refractivity contribution < 1.29 is 4.79 Å². The van der Waals surface area contributed by atoms with Crippen molar-refractivity contribution >= 4 is 11.6 Å². The van der Waals surface area contributed by atoms with E-state index in [1.165, 1.54) is 5.56 Å². The number of nitrogens with one attached hydrogen (secondary N) is 2. The van der Waals surface area contributed by atoms with Crippen molar-refractivity contribution in [2.45, 2.75) is 46.6 Å². The van der Waals surface area contributed by atoms with Crippen molar-refractivity contribution in [3.8, 4) is 0 Å². The monoisotopic (exact) mass is 262 g/mol. The van der Waals surface area contributed by atoms with Crippen molar-refractivity contribution in [2.75, 3.05) is 11.9 Å². The minimum Gasteiger partial charge on any atom is -0.374 e. The summed E-state index contributed by atoms with van der Waals surface area (Å²) < 4.78 is 0. The summed E-state index contributed by atoms with van der Waals surface area (Å²) >= 11 is 0. The third kappa shape index (κ3) is 5.77. The van der Waals surface area contributed by atoms with Gasteiger partial charge in [0.1, 0.15) is 6.04 Å². The molecule has 106 valence electrons. The highest BCUT2D eigenvalue weighted by atomic mass is 16.2. The molecule has 0 aromatic heterocycles. The van der Waals surface area contributed by atoms with Gasteiger partial charge in [-0.25, -0.2) is 0 Å². The van der Waals surface area contributed by atoms with Crippen molar-refractivity contribution in [3.05, 3.63) is 29.8 Å². The molecule has 0 aliphatic carbocycles. The predicted molar refractivity (Wildman–Crippen MR) is 81.4 cm³/mol. The summed E-state index contributed by atoms with van der Waals surface area (Å²) in [7, 11) is 0. The Labute approximate surface area is 116 Å². The zero-order chi connectivity index (χ0) is 14.3. The molecule has 0 saturated carbocycles. The fraction of sp³-hybridized carbons (Fsp3) is 0.562. The molecule has 1 atom stereocenters. The topological polar surface area (TPSA) is 41.1 Å². The molecule has 1 aromatic rings. The number of carbonyl (C=O) groups excluding carboxylic acids is 1. The van der Waals surface area contributed by atoms with E-state index in [4.69, 9.17) is 0 Å². The average Bonchev–Trinajstić information content (AvgIpc) is 2.38. The Balaban J connectivity index is 2.44. The summed E-state index contributed by atoms with van der Waals surface area (Å²) in [6, 6.07) is 8.00. The summed E-state index contributed by atoms with van der Waals surface area (Å²) in [4.78, 5) is 11.9. The second kappa shape index (κ2) is 7.82. The normalized spacial score (nSPS) is 12.3. The van der Waals surface area contributed by atoms with Gasteiger partial charge in [-0.05, 0) is 43.4 Å². The van der Waals surface area contributed by atoms with Gasteiger partial charge in [0, 0.05) is 12.2 Å². The summed E-state index contributed by atoms with van der Waals surface area (Å²) in [5.74, 6) is 0.673. The van der Waals surface area contributed by atoms with Crippen LogP contribution in [0.5, 0.6) is 0 Å². The molecule has 19 heavy (non-hydrogen) atoms. The Hall–Kier alpha value is -1.51. The standard InChI is InChI=1S/C16H26N2O/c1-5-14-7-6-8-15(11-14)18-13(4)16(19)17-10-9-12(2)3/h6-8,11-13,18H,5,9-10H2,1-4H3,(H,17,19). The molecular formula is C16H26N2O. The zero-order valence-electron chi connectivity index (χ0n) is 12.5. The van der Waals surface area contributed by atoms with Gasteiger partial charge < -0.3 is 10.6 Å². The molecule has 0 bridgehead atoms. The lowest BCUT2D eigenvalue weighted by molar-refractivity contribution is -0.121. The SMILES string of the molecule is CCc1cccc(NC(C)C(=O)NCCC(C)C)c1. The van der Waals surface area contributed by atoms with E-state index in [9.17, 15) is 4.79 Å². The lowest BCUT2D eigenvalue weighted by atomic mass is 10.1. The van der Waals surface area contributed by atoms with Gasteiger partial charge in [0.25, 0.3) is 0 Å². The first-order chi connectivity index (χ1) is 9.02. The van der Waals surface area contributed by atoms with Crippen LogP contribution in [0.4, 0.5) is 5.69 Å². The Morgan fingerprint density at radius 1 is 1.26 bits per heavy atom. The molecule has 0 saturated heterocycles. The molecule has 3 heteroatoms. The third-order valence-corrected chi connectivity index (χ3v) is 3.13. The molecule has 1 aromatic carbocycles. The number of hydrogen-bond acceptors (Lipinski definition) is 2. The van der Waals surface area contributed by atoms with Crippen LogP contribution in [0.3, 0.4) is 0 Å². The van der Waals surface area contributed by atoms with Crippen LogP contribution in [-0.4, -0.2) is 18.5 Å². The fourth-order valence-corrected chi connectivity index (χ4v) is 1.83. The van der Waals surface area contributed by atoms with Crippen molar-refractivity contribution in [1.29, 1.82) is 0 Å². The molecule has 1 amide bonds. The van der Waals surface area contributed by atoms with E-state index < -0.39 is 0 Å². The molecule has 1 unspecified atom stereocenters. The number of anilines is 1. The van der Waals surface area contributed by atoms with Crippen molar-refractivity contribution in [2.24, 2.45) is 5.92 Å². The smallest absolute Gasteiger partial charge is 0.242 e. The molecule has 3 nitrogen and oxygen atoms in total. The number of carbonyl (C=O) groups is 1. The van der Waals surface area contributed by atoms with Crippen LogP contribution in [-0.2, 0) is 11.2 Å². The molecule has 0 heterocycles. The fourth-order valence-electron chi connectivity index (χ4n) is 1.83. The summed E-state index contributed by atoms with van der Waals surface area (Å²) in [6.45, 7) is 9.08. The molecule has 0 fully saturated rings. The largest absolute Gasteiger partial charge is 0.374 e. The van der Waals surface area contributed by atoms with Crippen LogP contribution in [0.25, 0.3) is 0 Å². The van der Waals surface area contributed by atoms with E-state index in [0.717, 1.165) is 25.1 Å². The van der Waals surface area contributed by atoms with Crippen LogP contribution >= 0.6 is 0 Å². The minimum absolute atomic E-state index is 0.0579. The van der Waals surface area contributed by atoms with E-state index in [0.29, 0.717) is 5.92 Å². The van der Waals surface area contributed by atoms with Crippen LogP contribution < -0.4 is 10.6 Å². The van der Waals surface area contributed by atoms with Crippen LogP contribution in [0.2, 0.25) is 0 Å². The van der Waals surface area contributed by atoms with Crippen molar-refractivity contribution in [3.63, 3.8) is 0 Å². The van der Waals surface area contributed by atoms with E-state index in [1.54, 1.807) is 0 Å². The second-order valence-electron chi connectivity index (χ2n) is 5.39. The van der Waals surface area contributed by atoms with Crippen LogP contribution in [0.15, 0.2) is 24.3 Å². The maximum atomic E-state index is 11.9. The summed E-state index contributed by atoms with van der Waals surface area (Å²) in [5, 5.41) is 6.20. The Kier molecular flexibility index (Phi) is 6.40. The van der Waals surface area contributed by atoms with Gasteiger partial charge in [0.15, 0.2) is 0 Å². The van der Waals surface area contributed by atoms with Gasteiger partial charge in [-0.2, -0.15) is 0 Å². The summed E-state index contributed by atoms with van der Waals surface area (Å²) in [5.41, 5.74) is 2.28. The van der Waals surface area contributed by atoms with Gasteiger partial charge in [0.05, 0.1) is 0 Å². The van der Waals surface area contributed by atoms with Crippen LogP contribution in [0, 0.1) is 5.92 Å². The van der Waals surface area contributed by atoms with Gasteiger partial charge in [-0.1, -0.05) is 32.9 Å². The first-order valence-electron chi connectivity index (χ1n) is 7.16. The second-order valence-corrected chi connectivity index (χ2v) is 5.39. The molecule has 0 radical (unpaired) electrons.